The lowest BCUT2D eigenvalue weighted by atomic mass is 10.0. The van der Waals surface area contributed by atoms with E-state index >= 15 is 0 Å². The first kappa shape index (κ1) is 31.6. The molecule has 0 aromatic rings. The molecule has 0 aliphatic heterocycles. The minimum atomic E-state index is -2.04. The zero-order valence-electron chi connectivity index (χ0n) is 23.7. The molecule has 0 saturated heterocycles. The normalized spacial score (nSPS) is 21.8. The zero-order valence-corrected chi connectivity index (χ0v) is 24.7. The molecule has 5 heteroatoms. The molecule has 0 amide bonds. The van der Waals surface area contributed by atoms with Crippen molar-refractivity contribution in [2.75, 3.05) is 0 Å². The summed E-state index contributed by atoms with van der Waals surface area (Å²) in [5.74, 6) is -0.740. The van der Waals surface area contributed by atoms with Crippen molar-refractivity contribution in [3.05, 3.63) is 36.0 Å². The van der Waals surface area contributed by atoms with Crippen LogP contribution in [0, 0.1) is 5.92 Å². The Hall–Kier alpha value is -1.46. The molecule has 0 heterocycles. The maximum atomic E-state index is 11.8. The van der Waals surface area contributed by atoms with Crippen molar-refractivity contribution >= 4 is 20.6 Å². The number of carbonyl (C=O) groups excluding carboxylic acids is 2. The Kier molecular flexibility index (Phi) is 14.7. The van der Waals surface area contributed by atoms with Crippen molar-refractivity contribution in [2.45, 2.75) is 136 Å². The monoisotopic (exact) mass is 504 g/mol. The van der Waals surface area contributed by atoms with Gasteiger partial charge in [0.25, 0.3) is 0 Å². The van der Waals surface area contributed by atoms with Crippen LogP contribution in [0.25, 0.3) is 0 Å². The summed E-state index contributed by atoms with van der Waals surface area (Å²) in [6, 6.07) is 0. The van der Waals surface area contributed by atoms with Gasteiger partial charge in [0.2, 0.25) is 14.6 Å². The number of ether oxygens (including phenoxy) is 1. The van der Waals surface area contributed by atoms with E-state index in [1.54, 1.807) is 0 Å². The number of unbranched alkanes of at least 4 members (excludes halogenated alkanes) is 5. The van der Waals surface area contributed by atoms with Gasteiger partial charge in [0.05, 0.1) is 0 Å². The molecule has 1 fully saturated rings. The second-order valence-corrected chi connectivity index (χ2v) is 16.6. The molecule has 1 saturated carbocycles. The lowest BCUT2D eigenvalue weighted by molar-refractivity contribution is -0.154. The largest absolute Gasteiger partial charge is 0.456 e. The van der Waals surface area contributed by atoms with Gasteiger partial charge >= 0.3 is 5.97 Å². The van der Waals surface area contributed by atoms with Crippen LogP contribution < -0.4 is 0 Å². The summed E-state index contributed by atoms with van der Waals surface area (Å²) in [6.07, 6.45) is 19.8. The molecular formula is C30H52O4Si. The van der Waals surface area contributed by atoms with Gasteiger partial charge in [-0.1, -0.05) is 110 Å². The lowest BCUT2D eigenvalue weighted by Crippen LogP contribution is -2.50. The molecule has 0 spiro atoms. The molecule has 3 atom stereocenters. The van der Waals surface area contributed by atoms with Gasteiger partial charge in [-0.05, 0) is 42.8 Å². The molecule has 35 heavy (non-hydrogen) atoms. The van der Waals surface area contributed by atoms with Gasteiger partial charge in [-0.3, -0.25) is 4.79 Å². The number of hydrogen-bond donors (Lipinski definition) is 0. The topological polar surface area (TPSA) is 52.6 Å². The number of hydrogen-bond acceptors (Lipinski definition) is 4. The molecule has 1 aliphatic carbocycles. The van der Waals surface area contributed by atoms with Gasteiger partial charge in [0, 0.05) is 18.4 Å². The van der Waals surface area contributed by atoms with Crippen LogP contribution in [0.4, 0.5) is 0 Å². The van der Waals surface area contributed by atoms with Crippen LogP contribution in [0.1, 0.15) is 107 Å². The van der Waals surface area contributed by atoms with Crippen LogP contribution in [0.5, 0.6) is 0 Å². The predicted octanol–water partition coefficient (Wildman–Crippen LogP) is 8.49. The number of rotatable bonds is 16. The van der Waals surface area contributed by atoms with Crippen molar-refractivity contribution in [2.24, 2.45) is 5.92 Å². The molecule has 1 rings (SSSR count). The first-order chi connectivity index (χ1) is 16.6. The first-order valence-electron chi connectivity index (χ1n) is 13.9. The Morgan fingerprint density at radius 1 is 0.971 bits per heavy atom. The minimum Gasteiger partial charge on any atom is -0.456 e. The minimum absolute atomic E-state index is 0.0462. The first-order valence-corrected chi connectivity index (χ1v) is 16.1. The van der Waals surface area contributed by atoms with Crippen LogP contribution in [0.15, 0.2) is 36.0 Å². The highest BCUT2D eigenvalue weighted by atomic mass is 28.4. The molecule has 0 bridgehead atoms. The van der Waals surface area contributed by atoms with Crippen LogP contribution in [0.3, 0.4) is 0 Å². The maximum absolute atomic E-state index is 11.8. The maximum Gasteiger partial charge on any atom is 0.371 e. The molecule has 0 unspecified atom stereocenters. The Morgan fingerprint density at radius 3 is 2.17 bits per heavy atom. The van der Waals surface area contributed by atoms with Gasteiger partial charge < -0.3 is 9.16 Å². The van der Waals surface area contributed by atoms with Crippen molar-refractivity contribution in [1.29, 1.82) is 0 Å². The number of aldehydes is 1. The molecule has 0 N–H and O–H groups in total. The summed E-state index contributed by atoms with van der Waals surface area (Å²) in [4.78, 5) is 22.7. The molecule has 200 valence electrons. The summed E-state index contributed by atoms with van der Waals surface area (Å²) < 4.78 is 12.5. The van der Waals surface area contributed by atoms with Crippen LogP contribution in [-0.2, 0) is 18.8 Å². The molecule has 0 aromatic heterocycles. The van der Waals surface area contributed by atoms with E-state index in [1.807, 2.05) is 0 Å². The number of allylic oxidation sites excluding steroid dienone is 5. The van der Waals surface area contributed by atoms with Gasteiger partial charge in [0.1, 0.15) is 6.10 Å². The average Bonchev–Trinajstić information content (AvgIpc) is 3.17. The van der Waals surface area contributed by atoms with Gasteiger partial charge in [0.15, 0.2) is 0 Å². The Labute approximate surface area is 216 Å². The molecular weight excluding hydrogens is 452 g/mol. The van der Waals surface area contributed by atoms with Crippen molar-refractivity contribution in [3.8, 4) is 0 Å². The van der Waals surface area contributed by atoms with Crippen LogP contribution >= 0.6 is 0 Å². The van der Waals surface area contributed by atoms with Crippen LogP contribution in [-0.4, -0.2) is 32.8 Å². The molecule has 0 aromatic carbocycles. The Balaban J connectivity index is 2.86. The summed E-state index contributed by atoms with van der Waals surface area (Å²) >= 11 is 0. The van der Waals surface area contributed by atoms with E-state index in [9.17, 15) is 9.59 Å². The van der Waals surface area contributed by atoms with Crippen LogP contribution in [0.2, 0.25) is 16.6 Å². The van der Waals surface area contributed by atoms with E-state index in [0.717, 1.165) is 18.4 Å². The third-order valence-corrected chi connectivity index (χ3v) is 13.7. The molecule has 4 nitrogen and oxygen atoms in total. The summed E-state index contributed by atoms with van der Waals surface area (Å²) in [5, 5.41) is 0. The Morgan fingerprint density at radius 2 is 1.60 bits per heavy atom. The van der Waals surface area contributed by atoms with E-state index in [-0.39, 0.29) is 24.4 Å². The van der Waals surface area contributed by atoms with E-state index in [1.165, 1.54) is 32.1 Å². The third-order valence-electron chi connectivity index (χ3n) is 7.53. The van der Waals surface area contributed by atoms with Crippen molar-refractivity contribution in [1.82, 2.24) is 0 Å². The second-order valence-electron chi connectivity index (χ2n) is 11.2. The predicted molar refractivity (Wildman–Crippen MR) is 150 cm³/mol. The van der Waals surface area contributed by atoms with E-state index in [0.29, 0.717) is 23.0 Å². The Bertz CT molecular complexity index is 698. The fraction of sp³-hybridized carbons (Fsp3) is 0.733. The lowest BCUT2D eigenvalue weighted by Gasteiger charge is -2.44. The van der Waals surface area contributed by atoms with Crippen molar-refractivity contribution < 1.29 is 18.8 Å². The average molecular weight is 505 g/mol. The molecule has 0 radical (unpaired) electrons. The summed E-state index contributed by atoms with van der Waals surface area (Å²) in [6.45, 7) is 18.1. The van der Waals surface area contributed by atoms with Gasteiger partial charge in [-0.15, -0.1) is 0 Å². The van der Waals surface area contributed by atoms with E-state index in [4.69, 9.17) is 9.16 Å². The zero-order chi connectivity index (χ0) is 26.4. The van der Waals surface area contributed by atoms with Gasteiger partial charge in [-0.25, -0.2) is 4.79 Å². The molecule has 1 aliphatic rings. The number of esters is 1. The van der Waals surface area contributed by atoms with Gasteiger partial charge in [-0.2, -0.15) is 0 Å². The third kappa shape index (κ3) is 10.2. The highest BCUT2D eigenvalue weighted by Gasteiger charge is 2.49. The van der Waals surface area contributed by atoms with E-state index in [2.05, 4.69) is 85.8 Å². The quantitative estimate of drug-likeness (QED) is 0.0528. The summed E-state index contributed by atoms with van der Waals surface area (Å²) in [7, 11) is -2.04. The van der Waals surface area contributed by atoms with E-state index < -0.39 is 14.3 Å². The highest BCUT2D eigenvalue weighted by molar-refractivity contribution is 6.77. The fourth-order valence-electron chi connectivity index (χ4n) is 5.81. The number of carbonyl (C=O) groups is 2. The smallest absolute Gasteiger partial charge is 0.371 e. The SMILES string of the molecule is CCCCCCC/C=C/C=C(C)/C=C/[C@H]1C[C@H](O[Si](C(C)C)(C(C)C)C(C)C)C[C@@H]1OC(=O)C=O. The second kappa shape index (κ2) is 16.3. The van der Waals surface area contributed by atoms with Crippen molar-refractivity contribution in [3.63, 3.8) is 0 Å². The standard InChI is InChI=1S/C30H52O4Si/c1-9-10-11-12-13-14-15-16-17-26(8)18-19-27-20-28(21-29(27)33-30(32)22-31)34-35(23(2)3,24(4)5)25(6)7/h15-19,22-25,27-29H,9-14,20-21H2,1-8H3/b16-15+,19-18+,26-17+/t27-,28-,29-/m0/s1. The fourth-order valence-corrected chi connectivity index (χ4v) is 11.4. The summed E-state index contributed by atoms with van der Waals surface area (Å²) in [5.41, 5.74) is 2.65. The highest BCUT2D eigenvalue weighted by Crippen LogP contribution is 2.45.